The van der Waals surface area contributed by atoms with Gasteiger partial charge in [0.2, 0.25) is 17.7 Å². The van der Waals surface area contributed by atoms with Gasteiger partial charge in [-0.15, -0.1) is 11.3 Å². The minimum absolute atomic E-state index is 0.00117. The summed E-state index contributed by atoms with van der Waals surface area (Å²) in [7, 11) is 3.95. The fourth-order valence-corrected chi connectivity index (χ4v) is 10.3. The van der Waals surface area contributed by atoms with Gasteiger partial charge in [-0.2, -0.15) is 5.10 Å². The third-order valence-electron chi connectivity index (χ3n) is 13.6. The summed E-state index contributed by atoms with van der Waals surface area (Å²) in [5.41, 5.74) is 7.45. The lowest BCUT2D eigenvalue weighted by Crippen LogP contribution is -2.57. The summed E-state index contributed by atoms with van der Waals surface area (Å²) in [6.45, 7) is 14.3. The maximum atomic E-state index is 14.2. The summed E-state index contributed by atoms with van der Waals surface area (Å²) in [4.78, 5) is 79.1. The molecular weight excluding hydrogens is 917 g/mol. The average molecular weight is 987 g/mol. The summed E-state index contributed by atoms with van der Waals surface area (Å²) >= 11 is 1.58. The summed E-state index contributed by atoms with van der Waals surface area (Å²) in [5, 5.41) is 30.4. The first kappa shape index (κ1) is 52.4. The zero-order valence-corrected chi connectivity index (χ0v) is 43.3. The Morgan fingerprint density at radius 3 is 2.27 bits per heavy atom. The lowest BCUT2D eigenvalue weighted by molar-refractivity contribution is -0.144. The maximum absolute atomic E-state index is 14.2. The highest BCUT2D eigenvalue weighted by Gasteiger charge is 2.46. The molecule has 71 heavy (non-hydrogen) atoms. The van der Waals surface area contributed by atoms with Crippen molar-refractivity contribution in [3.63, 3.8) is 0 Å². The molecule has 6 amide bonds. The minimum atomic E-state index is -0.903. The van der Waals surface area contributed by atoms with E-state index in [0.717, 1.165) is 63.3 Å². The Labute approximate surface area is 421 Å². The highest BCUT2D eigenvalue weighted by atomic mass is 32.1. The Morgan fingerprint density at radius 1 is 0.915 bits per heavy atom. The number of fused-ring (bicyclic) bond motifs is 1. The summed E-state index contributed by atoms with van der Waals surface area (Å²) in [6, 6.07) is 22.7. The van der Waals surface area contributed by atoms with Crippen LogP contribution in [-0.2, 0) is 32.9 Å². The smallest absolute Gasteiger partial charge is 0.319 e. The molecule has 1 fully saturated rings. The van der Waals surface area contributed by atoms with Crippen LogP contribution in [0.15, 0.2) is 84.4 Å². The van der Waals surface area contributed by atoms with Gasteiger partial charge >= 0.3 is 6.03 Å². The van der Waals surface area contributed by atoms with Gasteiger partial charge in [-0.1, -0.05) is 93.9 Å². The molecule has 0 aliphatic carbocycles. The summed E-state index contributed by atoms with van der Waals surface area (Å²) in [6.07, 6.45) is 2.42. The number of β-amino-alcohol motifs (C(OH)–C–C–N with tert-alkyl or cyclic N) is 1. The molecule has 2 aromatic heterocycles. The van der Waals surface area contributed by atoms with Crippen molar-refractivity contribution in [1.82, 2.24) is 45.8 Å². The molecule has 5 aromatic rings. The number of carbonyl (C=O) groups is 5. The van der Waals surface area contributed by atoms with Crippen LogP contribution in [0.4, 0.5) is 10.6 Å². The third-order valence-corrected chi connectivity index (χ3v) is 14.6. The molecule has 3 aromatic carbocycles. The fraction of sp³-hybridized carbons (Fsp3) is 0.463. The second kappa shape index (κ2) is 22.3. The van der Waals surface area contributed by atoms with Gasteiger partial charge in [0.1, 0.15) is 12.1 Å². The number of nitrogens with zero attached hydrogens (tertiary/aromatic N) is 5. The Hall–Kier alpha value is -6.43. The molecule has 6 N–H and O–H groups in total. The normalized spacial score (nSPS) is 17.6. The molecule has 2 aliphatic rings. The van der Waals surface area contributed by atoms with Gasteiger partial charge in [-0.3, -0.25) is 24.3 Å². The Bertz CT molecular complexity index is 2660. The fourth-order valence-electron chi connectivity index (χ4n) is 9.50. The average Bonchev–Trinajstić information content (AvgIpc) is 4.11. The Kier molecular flexibility index (Phi) is 16.5. The zero-order valence-electron chi connectivity index (χ0n) is 42.5. The standard InChI is InChI=1S/C54H70N10O6S/c1-33(36-24-26-38(27-25-36)45-34(2)55-32-71-45)56-50(68)43-28-40(65)29-63(43)51(69)47(53(3,4)5)58-44(66)19-15-10-12-16-35-20-22-39(23-21-35)49(67)59-48-41-30-64(54(6,7)46(41)60-61-48)52(70)57-42(31-62(8)9)37-17-13-11-14-18-37/h11,13-14,17-18,20-27,32-33,40,42-43,47,65H,10,12,15-16,19,28-31H2,1-9H3,(H,56,68)(H,57,70)(H,58,66)(H2,59,60,61,67)/t33-,40+,42+,43-,47+/m0/s1. The van der Waals surface area contributed by atoms with E-state index in [1.807, 2.05) is 140 Å². The van der Waals surface area contributed by atoms with Crippen molar-refractivity contribution in [2.75, 3.05) is 32.5 Å². The predicted molar refractivity (Wildman–Crippen MR) is 276 cm³/mol. The Balaban J connectivity index is 0.858. The number of urea groups is 1. The number of carbonyl (C=O) groups excluding carboxylic acids is 5. The molecule has 0 saturated carbocycles. The molecule has 0 unspecified atom stereocenters. The number of hydrogen-bond donors (Lipinski definition) is 6. The predicted octanol–water partition coefficient (Wildman–Crippen LogP) is 7.63. The number of aryl methyl sites for hydroxylation is 2. The molecule has 2 aliphatic heterocycles. The molecule has 378 valence electrons. The van der Waals surface area contributed by atoms with E-state index in [4.69, 9.17) is 0 Å². The Morgan fingerprint density at radius 2 is 1.62 bits per heavy atom. The lowest BCUT2D eigenvalue weighted by Gasteiger charge is -2.35. The highest BCUT2D eigenvalue weighted by Crippen LogP contribution is 2.41. The van der Waals surface area contributed by atoms with Gasteiger partial charge in [0.15, 0.2) is 5.82 Å². The molecule has 4 heterocycles. The second-order valence-electron chi connectivity index (χ2n) is 20.8. The number of aromatic nitrogens is 3. The van der Waals surface area contributed by atoms with E-state index in [1.165, 1.54) is 4.90 Å². The highest BCUT2D eigenvalue weighted by molar-refractivity contribution is 7.13. The van der Waals surface area contributed by atoms with E-state index in [0.29, 0.717) is 24.3 Å². The van der Waals surface area contributed by atoms with E-state index in [9.17, 15) is 29.1 Å². The van der Waals surface area contributed by atoms with Crippen molar-refractivity contribution in [3.05, 3.63) is 124 Å². The van der Waals surface area contributed by atoms with Crippen molar-refractivity contribution in [1.29, 1.82) is 0 Å². The number of H-pyrrole nitrogens is 1. The monoisotopic (exact) mass is 987 g/mol. The summed E-state index contributed by atoms with van der Waals surface area (Å²) < 4.78 is 0. The van der Waals surface area contributed by atoms with Gasteiger partial charge < -0.3 is 41.1 Å². The lowest BCUT2D eigenvalue weighted by atomic mass is 9.85. The largest absolute Gasteiger partial charge is 0.391 e. The molecule has 0 spiro atoms. The van der Waals surface area contributed by atoms with Crippen LogP contribution in [0.1, 0.15) is 130 Å². The van der Waals surface area contributed by atoms with Gasteiger partial charge in [0.05, 0.1) is 52.0 Å². The number of amides is 6. The first-order valence-electron chi connectivity index (χ1n) is 24.6. The number of aliphatic hydroxyl groups excluding tert-OH is 1. The SMILES string of the molecule is Cc1ncsc1-c1ccc([C@H](C)NC(=O)[C@@H]2C[C@@H](O)CN2C(=O)[C@@H](NC(=O)CCCCCc2ccc(C(=O)Nc3n[nH]c4c3CN(C(=O)N[C@H](CN(C)C)c3ccccc3)C4(C)C)cc2)C(C)(C)C)cc1. The number of unbranched alkanes of at least 4 members (excludes halogenated alkanes) is 2. The van der Waals surface area contributed by atoms with E-state index < -0.39 is 35.0 Å². The van der Waals surface area contributed by atoms with Crippen LogP contribution in [0.5, 0.6) is 0 Å². The van der Waals surface area contributed by atoms with Crippen molar-refractivity contribution < 1.29 is 29.1 Å². The zero-order chi connectivity index (χ0) is 51.2. The molecule has 0 bridgehead atoms. The topological polar surface area (TPSA) is 205 Å². The molecule has 1 saturated heterocycles. The minimum Gasteiger partial charge on any atom is -0.391 e. The van der Waals surface area contributed by atoms with Gasteiger partial charge in [0, 0.05) is 37.1 Å². The van der Waals surface area contributed by atoms with Crippen molar-refractivity contribution in [2.45, 2.75) is 129 Å². The second-order valence-corrected chi connectivity index (χ2v) is 21.7. The number of rotatable bonds is 18. The summed E-state index contributed by atoms with van der Waals surface area (Å²) in [5.74, 6) is -0.922. The number of aromatic amines is 1. The van der Waals surface area contributed by atoms with Gasteiger partial charge in [-0.25, -0.2) is 9.78 Å². The third kappa shape index (κ3) is 12.6. The molecule has 17 heteroatoms. The number of likely N-dealkylation sites (tertiary alicyclic amines) is 1. The van der Waals surface area contributed by atoms with Crippen LogP contribution < -0.4 is 21.3 Å². The molecule has 0 radical (unpaired) electrons. The van der Waals surface area contributed by atoms with Gasteiger partial charge in [0.25, 0.3) is 5.91 Å². The molecule has 16 nitrogen and oxygen atoms in total. The van der Waals surface area contributed by atoms with E-state index >= 15 is 0 Å². The van der Waals surface area contributed by atoms with Crippen LogP contribution in [0.25, 0.3) is 10.4 Å². The first-order chi connectivity index (χ1) is 33.7. The van der Waals surface area contributed by atoms with Crippen molar-refractivity contribution >= 4 is 46.8 Å². The number of anilines is 1. The van der Waals surface area contributed by atoms with Crippen LogP contribution in [0.3, 0.4) is 0 Å². The van der Waals surface area contributed by atoms with E-state index in [1.54, 1.807) is 28.4 Å². The first-order valence-corrected chi connectivity index (χ1v) is 25.4. The van der Waals surface area contributed by atoms with Crippen LogP contribution in [0, 0.1) is 12.3 Å². The van der Waals surface area contributed by atoms with Gasteiger partial charge in [-0.05, 0) is 101 Å². The van der Waals surface area contributed by atoms with E-state index in [2.05, 4.69) is 36.4 Å². The van der Waals surface area contributed by atoms with Crippen molar-refractivity contribution in [3.8, 4) is 10.4 Å². The van der Waals surface area contributed by atoms with Crippen LogP contribution >= 0.6 is 11.3 Å². The number of benzene rings is 3. The maximum Gasteiger partial charge on any atom is 0.319 e. The molecule has 5 atom stereocenters. The number of aliphatic hydroxyl groups is 1. The number of hydrogen-bond acceptors (Lipinski definition) is 10. The number of thiazole rings is 1. The van der Waals surface area contributed by atoms with Crippen LogP contribution in [-0.4, -0.2) is 110 Å². The molecule has 7 rings (SSSR count). The molecular formula is C54H70N10O6S. The number of nitrogens with one attached hydrogen (secondary N) is 5. The number of likely N-dealkylation sites (N-methyl/N-ethyl adjacent to an activating group) is 1. The van der Waals surface area contributed by atoms with Crippen molar-refractivity contribution in [2.24, 2.45) is 5.41 Å². The quantitative estimate of drug-likeness (QED) is 0.0477. The van der Waals surface area contributed by atoms with Crippen LogP contribution in [0.2, 0.25) is 0 Å². The van der Waals surface area contributed by atoms with E-state index in [-0.39, 0.29) is 61.8 Å².